The third-order valence-corrected chi connectivity index (χ3v) is 3.50. The highest BCUT2D eigenvalue weighted by Crippen LogP contribution is 2.24. The summed E-state index contributed by atoms with van der Waals surface area (Å²) in [6, 6.07) is 2.90. The van der Waals surface area contributed by atoms with Crippen molar-refractivity contribution < 1.29 is 0 Å². The van der Waals surface area contributed by atoms with E-state index in [-0.39, 0.29) is 0 Å². The summed E-state index contributed by atoms with van der Waals surface area (Å²) in [6.07, 6.45) is 4.52. The summed E-state index contributed by atoms with van der Waals surface area (Å²) < 4.78 is 1.05. The molecule has 0 amide bonds. The Hall–Kier alpha value is -0.610. The minimum absolute atomic E-state index is 0.643. The van der Waals surface area contributed by atoms with Gasteiger partial charge in [0.25, 0.3) is 0 Å². The van der Waals surface area contributed by atoms with Gasteiger partial charge in [-0.15, -0.1) is 0 Å². The quantitative estimate of drug-likeness (QED) is 0.874. The largest absolute Gasteiger partial charge is 0.359 e. The van der Waals surface area contributed by atoms with Gasteiger partial charge in [-0.05, 0) is 40.8 Å². The van der Waals surface area contributed by atoms with Crippen molar-refractivity contribution in [2.75, 3.05) is 18.5 Å². The van der Waals surface area contributed by atoms with Gasteiger partial charge in [0.15, 0.2) is 0 Å². The fourth-order valence-corrected chi connectivity index (χ4v) is 2.50. The van der Waals surface area contributed by atoms with Crippen molar-refractivity contribution >= 4 is 21.7 Å². The molecular formula is C14H22BrN3. The molecule has 0 spiro atoms. The number of rotatable bonds is 6. The molecule has 0 unspecified atom stereocenters. The van der Waals surface area contributed by atoms with Crippen LogP contribution in [0, 0.1) is 5.92 Å². The Morgan fingerprint density at radius 2 is 2.22 bits per heavy atom. The van der Waals surface area contributed by atoms with Crippen LogP contribution in [0.5, 0.6) is 0 Å². The Bertz CT molecular complexity index is 402. The molecule has 1 saturated carbocycles. The topological polar surface area (TPSA) is 28.2 Å². The van der Waals surface area contributed by atoms with Gasteiger partial charge in [-0.3, -0.25) is 0 Å². The fourth-order valence-electron chi connectivity index (χ4n) is 2.12. The maximum atomic E-state index is 4.57. The van der Waals surface area contributed by atoms with Crippen LogP contribution >= 0.6 is 15.9 Å². The average Bonchev–Trinajstić information content (AvgIpc) is 3.09. The molecule has 3 nitrogen and oxygen atoms in total. The minimum Gasteiger partial charge on any atom is -0.359 e. The maximum absolute atomic E-state index is 4.57. The number of nitrogens with one attached hydrogen (secondary N) is 1. The lowest BCUT2D eigenvalue weighted by molar-refractivity contribution is 0.627. The zero-order valence-corrected chi connectivity index (χ0v) is 13.0. The summed E-state index contributed by atoms with van der Waals surface area (Å²) >= 11 is 3.51. The summed E-state index contributed by atoms with van der Waals surface area (Å²) in [7, 11) is 2.12. The molecular weight excluding hydrogens is 290 g/mol. The molecule has 0 aliphatic heterocycles. The van der Waals surface area contributed by atoms with Crippen LogP contribution in [0.15, 0.2) is 16.7 Å². The van der Waals surface area contributed by atoms with E-state index in [2.05, 4.69) is 58.1 Å². The van der Waals surface area contributed by atoms with Crippen molar-refractivity contribution in [1.29, 1.82) is 0 Å². The van der Waals surface area contributed by atoms with Gasteiger partial charge in [0.1, 0.15) is 5.82 Å². The molecule has 18 heavy (non-hydrogen) atoms. The lowest BCUT2D eigenvalue weighted by atomic mass is 10.2. The standard InChI is InChI=1S/C14H22BrN3/c1-10(2)9-18(3)14-11(6-12(15)8-17-14)7-16-13-4-5-13/h6,8,10,13,16H,4-5,7,9H2,1-3H3. The summed E-state index contributed by atoms with van der Waals surface area (Å²) in [5.41, 5.74) is 1.28. The highest BCUT2D eigenvalue weighted by Gasteiger charge is 2.21. The van der Waals surface area contributed by atoms with E-state index in [4.69, 9.17) is 0 Å². The molecule has 4 heteroatoms. The van der Waals surface area contributed by atoms with Crippen molar-refractivity contribution in [3.63, 3.8) is 0 Å². The zero-order chi connectivity index (χ0) is 13.1. The number of halogens is 1. The Kier molecular flexibility index (Phi) is 4.62. The van der Waals surface area contributed by atoms with Gasteiger partial charge >= 0.3 is 0 Å². The second kappa shape index (κ2) is 6.02. The monoisotopic (exact) mass is 311 g/mol. The molecule has 0 atom stereocenters. The highest BCUT2D eigenvalue weighted by molar-refractivity contribution is 9.10. The number of pyridine rings is 1. The van der Waals surface area contributed by atoms with E-state index in [0.717, 1.165) is 29.4 Å². The highest BCUT2D eigenvalue weighted by atomic mass is 79.9. The SMILES string of the molecule is CC(C)CN(C)c1ncc(Br)cc1CNC1CC1. The van der Waals surface area contributed by atoms with Crippen LogP contribution < -0.4 is 10.2 Å². The first-order chi connectivity index (χ1) is 8.56. The Morgan fingerprint density at radius 1 is 1.50 bits per heavy atom. The van der Waals surface area contributed by atoms with Gasteiger partial charge < -0.3 is 10.2 Å². The number of hydrogen-bond donors (Lipinski definition) is 1. The molecule has 0 radical (unpaired) electrons. The lowest BCUT2D eigenvalue weighted by Gasteiger charge is -2.23. The number of nitrogens with zero attached hydrogens (tertiary/aromatic N) is 2. The van der Waals surface area contributed by atoms with Crippen LogP contribution in [-0.4, -0.2) is 24.6 Å². The predicted molar refractivity (Wildman–Crippen MR) is 79.9 cm³/mol. The van der Waals surface area contributed by atoms with E-state index in [1.54, 1.807) is 0 Å². The van der Waals surface area contributed by atoms with Gasteiger partial charge in [0.2, 0.25) is 0 Å². The summed E-state index contributed by atoms with van der Waals surface area (Å²) in [5, 5.41) is 3.56. The Morgan fingerprint density at radius 3 is 2.83 bits per heavy atom. The van der Waals surface area contributed by atoms with E-state index >= 15 is 0 Å². The molecule has 1 aliphatic rings. The van der Waals surface area contributed by atoms with Crippen LogP contribution in [0.1, 0.15) is 32.3 Å². The minimum atomic E-state index is 0.643. The number of anilines is 1. The van der Waals surface area contributed by atoms with E-state index in [1.165, 1.54) is 18.4 Å². The van der Waals surface area contributed by atoms with E-state index < -0.39 is 0 Å². The normalized spacial score (nSPS) is 15.2. The van der Waals surface area contributed by atoms with Crippen molar-refractivity contribution in [1.82, 2.24) is 10.3 Å². The van der Waals surface area contributed by atoms with Gasteiger partial charge in [-0.1, -0.05) is 13.8 Å². The van der Waals surface area contributed by atoms with Crippen LogP contribution in [0.2, 0.25) is 0 Å². The third kappa shape index (κ3) is 3.95. The van der Waals surface area contributed by atoms with Crippen LogP contribution in [0.25, 0.3) is 0 Å². The molecule has 2 rings (SSSR count). The fraction of sp³-hybridized carbons (Fsp3) is 0.643. The molecule has 1 aromatic rings. The molecule has 1 fully saturated rings. The first-order valence-corrected chi connectivity index (χ1v) is 7.44. The molecule has 100 valence electrons. The lowest BCUT2D eigenvalue weighted by Crippen LogP contribution is -2.26. The van der Waals surface area contributed by atoms with Crippen molar-refractivity contribution in [2.45, 2.75) is 39.3 Å². The third-order valence-electron chi connectivity index (χ3n) is 3.07. The first kappa shape index (κ1) is 13.8. The number of aromatic nitrogens is 1. The van der Waals surface area contributed by atoms with Crippen molar-refractivity contribution in [3.05, 3.63) is 22.3 Å². The zero-order valence-electron chi connectivity index (χ0n) is 11.4. The molecule has 1 N–H and O–H groups in total. The second-order valence-corrected chi connectivity index (χ2v) is 6.48. The van der Waals surface area contributed by atoms with Gasteiger partial charge in [-0.25, -0.2) is 4.98 Å². The van der Waals surface area contributed by atoms with Crippen LogP contribution in [0.3, 0.4) is 0 Å². The summed E-state index contributed by atoms with van der Waals surface area (Å²) in [4.78, 5) is 6.82. The van der Waals surface area contributed by atoms with Crippen LogP contribution in [0.4, 0.5) is 5.82 Å². The van der Waals surface area contributed by atoms with Gasteiger partial charge in [0.05, 0.1) is 0 Å². The van der Waals surface area contributed by atoms with E-state index in [0.29, 0.717) is 5.92 Å². The maximum Gasteiger partial charge on any atom is 0.132 e. The van der Waals surface area contributed by atoms with E-state index in [1.807, 2.05) is 6.20 Å². The smallest absolute Gasteiger partial charge is 0.132 e. The Labute approximate surface area is 118 Å². The molecule has 1 aliphatic carbocycles. The van der Waals surface area contributed by atoms with Gasteiger partial charge in [-0.2, -0.15) is 0 Å². The van der Waals surface area contributed by atoms with Crippen molar-refractivity contribution in [2.24, 2.45) is 5.92 Å². The molecule has 0 aromatic carbocycles. The van der Waals surface area contributed by atoms with Crippen LogP contribution in [-0.2, 0) is 6.54 Å². The average molecular weight is 312 g/mol. The predicted octanol–water partition coefficient (Wildman–Crippen LogP) is 3.19. The van der Waals surface area contributed by atoms with Gasteiger partial charge in [0, 0.05) is 42.4 Å². The molecule has 1 heterocycles. The molecule has 1 aromatic heterocycles. The summed E-state index contributed by atoms with van der Waals surface area (Å²) in [6.45, 7) is 6.41. The molecule has 0 bridgehead atoms. The molecule has 0 saturated heterocycles. The first-order valence-electron chi connectivity index (χ1n) is 6.65. The Balaban J connectivity index is 2.10. The number of hydrogen-bond acceptors (Lipinski definition) is 3. The second-order valence-electron chi connectivity index (χ2n) is 5.57. The van der Waals surface area contributed by atoms with Crippen molar-refractivity contribution in [3.8, 4) is 0 Å². The van der Waals surface area contributed by atoms with E-state index in [9.17, 15) is 0 Å². The summed E-state index contributed by atoms with van der Waals surface area (Å²) in [5.74, 6) is 1.74.